The fourth-order valence-corrected chi connectivity index (χ4v) is 4.20. The number of hydrogen-bond donors (Lipinski definition) is 2. The van der Waals surface area contributed by atoms with Crippen LogP contribution in [0.1, 0.15) is 23.9 Å². The summed E-state index contributed by atoms with van der Waals surface area (Å²) < 4.78 is 7.38. The van der Waals surface area contributed by atoms with Gasteiger partial charge in [-0.1, -0.05) is 12.0 Å². The van der Waals surface area contributed by atoms with Crippen LogP contribution in [-0.4, -0.2) is 39.7 Å². The molecule has 4 heterocycles. The molecule has 4 aromatic heterocycles. The van der Waals surface area contributed by atoms with Gasteiger partial charge in [0, 0.05) is 41.9 Å². The number of pyridine rings is 3. The van der Waals surface area contributed by atoms with E-state index in [2.05, 4.69) is 22.1 Å². The number of nitrogens with zero attached hydrogens (tertiary/aromatic N) is 4. The van der Waals surface area contributed by atoms with E-state index < -0.39 is 0 Å². The first-order chi connectivity index (χ1) is 17.5. The highest BCUT2D eigenvalue weighted by atomic mass is 16.5. The van der Waals surface area contributed by atoms with Crippen molar-refractivity contribution in [3.05, 3.63) is 89.1 Å². The number of fused-ring (bicyclic) bond motifs is 2. The second kappa shape index (κ2) is 9.76. The molecule has 2 unspecified atom stereocenters. The molecule has 0 saturated heterocycles. The molecule has 8 heteroatoms. The Kier molecular flexibility index (Phi) is 6.36. The highest BCUT2D eigenvalue weighted by molar-refractivity contribution is 5.88. The van der Waals surface area contributed by atoms with Gasteiger partial charge in [0.05, 0.1) is 18.5 Å². The fraction of sp³-hybridized carbons (Fsp3) is 0.179. The molecule has 0 radical (unpaired) electrons. The van der Waals surface area contributed by atoms with E-state index in [9.17, 15) is 5.21 Å². The zero-order valence-corrected chi connectivity index (χ0v) is 20.5. The molecule has 0 saturated carbocycles. The molecule has 2 N–H and O–H groups in total. The van der Waals surface area contributed by atoms with E-state index in [4.69, 9.17) is 14.7 Å². The monoisotopic (exact) mass is 478 g/mol. The van der Waals surface area contributed by atoms with Crippen LogP contribution in [0.5, 0.6) is 5.88 Å². The predicted octanol–water partition coefficient (Wildman–Crippen LogP) is 3.24. The average Bonchev–Trinajstić information content (AvgIpc) is 3.25. The molecule has 0 amide bonds. The number of aromatic nitrogens is 4. The van der Waals surface area contributed by atoms with Crippen molar-refractivity contribution in [1.82, 2.24) is 24.7 Å². The first-order valence-corrected chi connectivity index (χ1v) is 11.6. The molecular formula is C28H26N6O2. The number of rotatable bonds is 5. The van der Waals surface area contributed by atoms with E-state index in [1.165, 1.54) is 0 Å². The zero-order valence-electron chi connectivity index (χ0n) is 20.5. The van der Waals surface area contributed by atoms with Gasteiger partial charge in [-0.25, -0.2) is 9.97 Å². The van der Waals surface area contributed by atoms with Crippen molar-refractivity contribution in [3.8, 4) is 29.0 Å². The number of methoxy groups -OCH3 is 1. The van der Waals surface area contributed by atoms with Crippen molar-refractivity contribution in [2.45, 2.75) is 20.0 Å². The normalized spacial score (nSPS) is 12.8. The third-order valence-electron chi connectivity index (χ3n) is 6.18. The van der Waals surface area contributed by atoms with Gasteiger partial charge in [0.1, 0.15) is 17.5 Å². The summed E-state index contributed by atoms with van der Waals surface area (Å²) in [5, 5.41) is 17.7. The van der Waals surface area contributed by atoms with E-state index in [0.29, 0.717) is 17.4 Å². The second-order valence-corrected chi connectivity index (χ2v) is 8.45. The second-order valence-electron chi connectivity index (χ2n) is 8.45. The average molecular weight is 479 g/mol. The number of hydroxylamine groups is 1. The Morgan fingerprint density at radius 3 is 2.75 bits per heavy atom. The lowest BCUT2D eigenvalue weighted by Gasteiger charge is -2.27. The number of benzene rings is 1. The number of hydrogen-bond acceptors (Lipinski definition) is 6. The van der Waals surface area contributed by atoms with E-state index in [1.807, 2.05) is 73.0 Å². The van der Waals surface area contributed by atoms with E-state index >= 15 is 0 Å². The molecule has 0 aliphatic rings. The predicted molar refractivity (Wildman–Crippen MR) is 140 cm³/mol. The van der Waals surface area contributed by atoms with Crippen LogP contribution < -0.4 is 15.1 Å². The largest absolute Gasteiger partial charge is 0.627 e. The number of aryl methyl sites for hydroxylation is 1. The van der Waals surface area contributed by atoms with Crippen LogP contribution in [0.2, 0.25) is 0 Å². The fourth-order valence-electron chi connectivity index (χ4n) is 4.20. The maximum atomic E-state index is 12.9. The molecule has 180 valence electrons. The maximum absolute atomic E-state index is 12.9. The van der Waals surface area contributed by atoms with E-state index in [-0.39, 0.29) is 11.2 Å². The molecule has 2 atom stereocenters. The van der Waals surface area contributed by atoms with E-state index in [1.54, 1.807) is 26.4 Å². The van der Waals surface area contributed by atoms with Gasteiger partial charge >= 0.3 is 0 Å². The standard InChI is InChI=1S/C28H26N6O2/c1-18-27(33-16-6-5-7-25(33)31-18)23-11-13-26(34(35)19(2)29-3)32-24(23)12-9-20-8-10-22-21(17-20)14-15-30-28(22)36-4/h5-8,10-11,13-17,19,29,34H,1-4H3. The van der Waals surface area contributed by atoms with Crippen molar-refractivity contribution in [2.75, 3.05) is 14.2 Å². The lowest BCUT2D eigenvalue weighted by atomic mass is 10.1. The Morgan fingerprint density at radius 1 is 1.08 bits per heavy atom. The summed E-state index contributed by atoms with van der Waals surface area (Å²) in [4.78, 5) is 13.7. The Bertz CT molecular complexity index is 1630. The topological polar surface area (TPSA) is 91.8 Å². The molecule has 36 heavy (non-hydrogen) atoms. The molecule has 0 bridgehead atoms. The van der Waals surface area contributed by atoms with Crippen molar-refractivity contribution in [2.24, 2.45) is 0 Å². The van der Waals surface area contributed by atoms with Crippen molar-refractivity contribution >= 4 is 22.2 Å². The first-order valence-electron chi connectivity index (χ1n) is 11.6. The number of imidazole rings is 1. The first kappa shape index (κ1) is 23.5. The van der Waals surface area contributed by atoms with Crippen LogP contribution in [-0.2, 0) is 0 Å². The summed E-state index contributed by atoms with van der Waals surface area (Å²) in [7, 11) is 3.36. The minimum atomic E-state index is -0.356. The van der Waals surface area contributed by atoms with Gasteiger partial charge in [0.25, 0.3) is 0 Å². The zero-order chi connectivity index (χ0) is 25.2. The SMILES string of the molecule is CNC(C)[NH+]([O-])c1ccc(-c2c(C)nc3ccccn23)c(C#Cc2ccc3c(OC)nccc3c2)n1. The molecule has 0 spiro atoms. The summed E-state index contributed by atoms with van der Waals surface area (Å²) in [6, 6.07) is 17.3. The quantitative estimate of drug-likeness (QED) is 0.229. The summed E-state index contributed by atoms with van der Waals surface area (Å²) in [6.07, 6.45) is 3.32. The molecule has 5 rings (SSSR count). The highest BCUT2D eigenvalue weighted by Gasteiger charge is 2.18. The Labute approximate surface area is 209 Å². The maximum Gasteiger partial charge on any atom is 0.228 e. The van der Waals surface area contributed by atoms with Gasteiger partial charge in [-0.3, -0.25) is 9.72 Å². The Morgan fingerprint density at radius 2 is 1.94 bits per heavy atom. The third-order valence-corrected chi connectivity index (χ3v) is 6.18. The van der Waals surface area contributed by atoms with Crippen LogP contribution in [0.25, 0.3) is 27.7 Å². The summed E-state index contributed by atoms with van der Waals surface area (Å²) in [5.74, 6) is 7.41. The van der Waals surface area contributed by atoms with Gasteiger partial charge in [-0.2, -0.15) is 4.98 Å². The van der Waals surface area contributed by atoms with Crippen LogP contribution in [0, 0.1) is 24.0 Å². The van der Waals surface area contributed by atoms with Crippen molar-refractivity contribution in [1.29, 1.82) is 0 Å². The van der Waals surface area contributed by atoms with Crippen molar-refractivity contribution < 1.29 is 9.80 Å². The van der Waals surface area contributed by atoms with Crippen LogP contribution in [0.15, 0.2) is 67.0 Å². The van der Waals surface area contributed by atoms with Crippen LogP contribution in [0.3, 0.4) is 0 Å². The molecule has 1 aromatic carbocycles. The van der Waals surface area contributed by atoms with Crippen LogP contribution in [0.4, 0.5) is 5.82 Å². The summed E-state index contributed by atoms with van der Waals surface area (Å²) in [5.41, 5.74) is 4.75. The summed E-state index contributed by atoms with van der Waals surface area (Å²) in [6.45, 7) is 3.78. The minimum Gasteiger partial charge on any atom is -0.627 e. The third kappa shape index (κ3) is 4.27. The minimum absolute atomic E-state index is 0.0905. The van der Waals surface area contributed by atoms with Gasteiger partial charge in [-0.15, -0.1) is 0 Å². The van der Waals surface area contributed by atoms with Gasteiger partial charge in [0.2, 0.25) is 11.7 Å². The molecule has 0 fully saturated rings. The molecule has 8 nitrogen and oxygen atoms in total. The molecule has 5 aromatic rings. The Balaban J connectivity index is 1.66. The lowest BCUT2D eigenvalue weighted by Crippen LogP contribution is -3.08. The number of nitrogens with one attached hydrogen (secondary N) is 2. The molecule has 0 aliphatic carbocycles. The van der Waals surface area contributed by atoms with Gasteiger partial charge in [-0.05, 0) is 67.7 Å². The molecule has 0 aliphatic heterocycles. The highest BCUT2D eigenvalue weighted by Crippen LogP contribution is 2.28. The number of ether oxygens (including phenoxy) is 1. The Hall–Kier alpha value is -4.29. The summed E-state index contributed by atoms with van der Waals surface area (Å²) >= 11 is 0. The van der Waals surface area contributed by atoms with Crippen LogP contribution >= 0.6 is 0 Å². The van der Waals surface area contributed by atoms with E-state index in [0.717, 1.165) is 38.9 Å². The van der Waals surface area contributed by atoms with Crippen molar-refractivity contribution in [3.63, 3.8) is 0 Å². The lowest BCUT2D eigenvalue weighted by molar-refractivity contribution is -0.810. The smallest absolute Gasteiger partial charge is 0.228 e. The van der Waals surface area contributed by atoms with Gasteiger partial charge < -0.3 is 15.0 Å². The number of quaternary nitrogens is 1. The molecular weight excluding hydrogens is 452 g/mol. The van der Waals surface area contributed by atoms with Gasteiger partial charge in [0.15, 0.2) is 0 Å².